The Hall–Kier alpha value is -2.41. The van der Waals surface area contributed by atoms with E-state index in [4.69, 9.17) is 21.1 Å². The van der Waals surface area contributed by atoms with Crippen LogP contribution in [0.3, 0.4) is 0 Å². The highest BCUT2D eigenvalue weighted by Gasteiger charge is 2.19. The van der Waals surface area contributed by atoms with Crippen LogP contribution in [0.1, 0.15) is 24.2 Å². The van der Waals surface area contributed by atoms with Gasteiger partial charge in [0, 0.05) is 5.56 Å². The average Bonchev–Trinajstić information content (AvgIpc) is 2.60. The first-order valence-corrected chi connectivity index (χ1v) is 8.07. The predicted octanol–water partition coefficient (Wildman–Crippen LogP) is 5.05. The summed E-state index contributed by atoms with van der Waals surface area (Å²) in [7, 11) is 1.38. The van der Waals surface area contributed by atoms with E-state index >= 15 is 0 Å². The quantitative estimate of drug-likeness (QED) is 0.705. The second kappa shape index (κ2) is 8.31. The molecule has 0 atom stereocenters. The SMILES string of the molecule is COc1cc(C(=O)Nc2ccc(F)c(F)c2F)cc(Cl)c1OCC(C)C. The van der Waals surface area contributed by atoms with Crippen molar-refractivity contribution in [2.75, 3.05) is 19.0 Å². The lowest BCUT2D eigenvalue weighted by Crippen LogP contribution is -2.14. The smallest absolute Gasteiger partial charge is 0.255 e. The van der Waals surface area contributed by atoms with Crippen LogP contribution in [-0.2, 0) is 0 Å². The highest BCUT2D eigenvalue weighted by atomic mass is 35.5. The summed E-state index contributed by atoms with van der Waals surface area (Å²) in [5.41, 5.74) is -0.461. The maximum absolute atomic E-state index is 13.7. The molecule has 1 amide bonds. The van der Waals surface area contributed by atoms with Crippen molar-refractivity contribution in [3.05, 3.63) is 52.3 Å². The molecule has 2 rings (SSSR count). The molecular formula is C18H17ClF3NO3. The van der Waals surface area contributed by atoms with Gasteiger partial charge in [-0.05, 0) is 30.2 Å². The molecule has 0 fully saturated rings. The number of benzene rings is 2. The Morgan fingerprint density at radius 2 is 1.88 bits per heavy atom. The second-order valence-corrected chi connectivity index (χ2v) is 6.28. The number of anilines is 1. The van der Waals surface area contributed by atoms with Crippen LogP contribution in [0.5, 0.6) is 11.5 Å². The summed E-state index contributed by atoms with van der Waals surface area (Å²) in [6, 6.07) is 4.30. The van der Waals surface area contributed by atoms with Crippen molar-refractivity contribution < 1.29 is 27.4 Å². The van der Waals surface area contributed by atoms with Crippen molar-refractivity contribution in [2.24, 2.45) is 5.92 Å². The van der Waals surface area contributed by atoms with Gasteiger partial charge in [0.25, 0.3) is 5.91 Å². The Bertz CT molecular complexity index is 828. The van der Waals surface area contributed by atoms with E-state index < -0.39 is 29.0 Å². The summed E-state index contributed by atoms with van der Waals surface area (Å²) in [5, 5.41) is 2.29. The largest absolute Gasteiger partial charge is 0.493 e. The van der Waals surface area contributed by atoms with Crippen LogP contribution in [0.2, 0.25) is 5.02 Å². The van der Waals surface area contributed by atoms with Gasteiger partial charge in [-0.1, -0.05) is 25.4 Å². The number of hydrogen-bond donors (Lipinski definition) is 1. The van der Waals surface area contributed by atoms with Crippen molar-refractivity contribution in [1.29, 1.82) is 0 Å². The number of carbonyl (C=O) groups is 1. The van der Waals surface area contributed by atoms with Crippen molar-refractivity contribution in [2.45, 2.75) is 13.8 Å². The van der Waals surface area contributed by atoms with Crippen molar-refractivity contribution in [3.8, 4) is 11.5 Å². The number of methoxy groups -OCH3 is 1. The highest BCUT2D eigenvalue weighted by Crippen LogP contribution is 2.37. The van der Waals surface area contributed by atoms with E-state index in [-0.39, 0.29) is 28.0 Å². The van der Waals surface area contributed by atoms with Crippen LogP contribution in [0.4, 0.5) is 18.9 Å². The molecule has 26 heavy (non-hydrogen) atoms. The van der Waals surface area contributed by atoms with Gasteiger partial charge < -0.3 is 14.8 Å². The Balaban J connectivity index is 2.29. The number of hydrogen-bond acceptors (Lipinski definition) is 3. The molecule has 0 heterocycles. The molecule has 1 N–H and O–H groups in total. The first-order chi connectivity index (χ1) is 12.2. The minimum Gasteiger partial charge on any atom is -0.493 e. The fraction of sp³-hybridized carbons (Fsp3) is 0.278. The first kappa shape index (κ1) is 19.9. The lowest BCUT2D eigenvalue weighted by molar-refractivity contribution is 0.102. The van der Waals surface area contributed by atoms with Gasteiger partial charge in [0.2, 0.25) is 0 Å². The van der Waals surface area contributed by atoms with Crippen molar-refractivity contribution >= 4 is 23.2 Å². The zero-order valence-corrected chi connectivity index (χ0v) is 15.1. The zero-order chi connectivity index (χ0) is 19.4. The number of rotatable bonds is 6. The van der Waals surface area contributed by atoms with Crippen molar-refractivity contribution in [1.82, 2.24) is 0 Å². The minimum absolute atomic E-state index is 0.0351. The third-order valence-electron chi connectivity index (χ3n) is 3.34. The predicted molar refractivity (Wildman–Crippen MR) is 92.6 cm³/mol. The molecule has 0 radical (unpaired) electrons. The molecule has 8 heteroatoms. The minimum atomic E-state index is -1.67. The number of ether oxygens (including phenoxy) is 2. The summed E-state index contributed by atoms with van der Waals surface area (Å²) in [6.07, 6.45) is 0. The van der Waals surface area contributed by atoms with Gasteiger partial charge >= 0.3 is 0 Å². The summed E-state index contributed by atoms with van der Waals surface area (Å²) in [5.74, 6) is -4.55. The molecule has 0 unspecified atom stereocenters. The van der Waals surface area contributed by atoms with Gasteiger partial charge in [0.15, 0.2) is 29.0 Å². The molecule has 0 saturated heterocycles. The van der Waals surface area contributed by atoms with Crippen molar-refractivity contribution in [3.63, 3.8) is 0 Å². The third kappa shape index (κ3) is 4.40. The molecule has 0 aliphatic carbocycles. The zero-order valence-electron chi connectivity index (χ0n) is 14.3. The fourth-order valence-corrected chi connectivity index (χ4v) is 2.32. The summed E-state index contributed by atoms with van der Waals surface area (Å²) in [6.45, 7) is 4.30. The van der Waals surface area contributed by atoms with Gasteiger partial charge in [-0.25, -0.2) is 13.2 Å². The number of halogens is 4. The van der Waals surface area contributed by atoms with E-state index in [0.717, 1.165) is 6.07 Å². The lowest BCUT2D eigenvalue weighted by atomic mass is 10.1. The van der Waals surface area contributed by atoms with Crippen LogP contribution >= 0.6 is 11.6 Å². The second-order valence-electron chi connectivity index (χ2n) is 5.87. The van der Waals surface area contributed by atoms with Gasteiger partial charge in [-0.3, -0.25) is 4.79 Å². The molecule has 0 aliphatic rings. The van der Waals surface area contributed by atoms with Crippen LogP contribution in [-0.4, -0.2) is 19.6 Å². The maximum Gasteiger partial charge on any atom is 0.255 e. The van der Waals surface area contributed by atoms with Crippen LogP contribution in [0, 0.1) is 23.4 Å². The standard InChI is InChI=1S/C18H17ClF3NO3/c1-9(2)8-26-17-11(19)6-10(7-14(17)25-3)18(24)23-13-5-4-12(20)15(21)16(13)22/h4-7,9H,8H2,1-3H3,(H,23,24). The number of carbonyl (C=O) groups excluding carboxylic acids is 1. The molecule has 0 aromatic heterocycles. The summed E-state index contributed by atoms with van der Waals surface area (Å²) in [4.78, 5) is 12.3. The third-order valence-corrected chi connectivity index (χ3v) is 3.62. The summed E-state index contributed by atoms with van der Waals surface area (Å²) >= 11 is 6.15. The molecule has 140 valence electrons. The van der Waals surface area contributed by atoms with E-state index in [1.165, 1.54) is 19.2 Å². The number of nitrogens with one attached hydrogen (secondary N) is 1. The van der Waals surface area contributed by atoms with Gasteiger partial charge in [0.05, 0.1) is 24.4 Å². The van der Waals surface area contributed by atoms with Gasteiger partial charge in [-0.15, -0.1) is 0 Å². The Labute approximate surface area is 153 Å². The monoisotopic (exact) mass is 387 g/mol. The molecule has 0 spiro atoms. The molecule has 0 bridgehead atoms. The van der Waals surface area contributed by atoms with E-state index in [2.05, 4.69) is 5.32 Å². The van der Waals surface area contributed by atoms with E-state index in [0.29, 0.717) is 12.7 Å². The van der Waals surface area contributed by atoms with E-state index in [9.17, 15) is 18.0 Å². The van der Waals surface area contributed by atoms with Crippen LogP contribution in [0.15, 0.2) is 24.3 Å². The topological polar surface area (TPSA) is 47.6 Å². The average molecular weight is 388 g/mol. The molecule has 4 nitrogen and oxygen atoms in total. The molecule has 2 aromatic carbocycles. The Morgan fingerprint density at radius 3 is 2.50 bits per heavy atom. The number of amides is 1. The fourth-order valence-electron chi connectivity index (χ4n) is 2.06. The highest BCUT2D eigenvalue weighted by molar-refractivity contribution is 6.32. The van der Waals surface area contributed by atoms with Crippen LogP contribution < -0.4 is 14.8 Å². The molecular weight excluding hydrogens is 371 g/mol. The molecule has 0 saturated carbocycles. The Morgan fingerprint density at radius 1 is 1.19 bits per heavy atom. The van der Waals surface area contributed by atoms with Gasteiger partial charge in [0.1, 0.15) is 0 Å². The maximum atomic E-state index is 13.7. The van der Waals surface area contributed by atoms with E-state index in [1.807, 2.05) is 13.8 Å². The summed E-state index contributed by atoms with van der Waals surface area (Å²) < 4.78 is 50.7. The van der Waals surface area contributed by atoms with Crippen LogP contribution in [0.25, 0.3) is 0 Å². The first-order valence-electron chi connectivity index (χ1n) is 7.69. The molecule has 0 aliphatic heterocycles. The van der Waals surface area contributed by atoms with Gasteiger partial charge in [-0.2, -0.15) is 0 Å². The molecule has 2 aromatic rings. The lowest BCUT2D eigenvalue weighted by Gasteiger charge is -2.15. The normalized spacial score (nSPS) is 10.8. The Kier molecular flexibility index (Phi) is 6.37. The van der Waals surface area contributed by atoms with E-state index in [1.54, 1.807) is 0 Å².